The molecule has 4 heteroatoms. The molecule has 0 spiro atoms. The van der Waals surface area contributed by atoms with Crippen molar-refractivity contribution in [3.63, 3.8) is 0 Å². The number of hydrogen-bond acceptors (Lipinski definition) is 3. The molecule has 0 atom stereocenters. The minimum absolute atomic E-state index is 0.00846. The number of quaternary nitrogens is 1. The fraction of sp³-hybridized carbons (Fsp3) is 0.634. The Bertz CT molecular complexity index is 1030. The molecule has 0 bridgehead atoms. The lowest BCUT2D eigenvalue weighted by Gasteiger charge is -2.29. The van der Waals surface area contributed by atoms with Crippen molar-refractivity contribution >= 4 is 11.9 Å². The van der Waals surface area contributed by atoms with Crippen LogP contribution >= 0.6 is 0 Å². The Hall–Kier alpha value is -2.59. The molecule has 2 aromatic carbocycles. The van der Waals surface area contributed by atoms with E-state index in [4.69, 9.17) is 9.47 Å². The third kappa shape index (κ3) is 19.5. The molecule has 0 aromatic heterocycles. The number of ketones is 1. The van der Waals surface area contributed by atoms with Crippen molar-refractivity contribution in [1.82, 2.24) is 0 Å². The van der Waals surface area contributed by atoms with Crippen LogP contribution in [0.4, 0.5) is 0 Å². The molecule has 0 N–H and O–H groups in total. The van der Waals surface area contributed by atoms with E-state index in [1.165, 1.54) is 116 Å². The van der Waals surface area contributed by atoms with Gasteiger partial charge in [-0.2, -0.15) is 0 Å². The molecule has 45 heavy (non-hydrogen) atoms. The quantitative estimate of drug-likeness (QED) is 0.0411. The second-order valence-corrected chi connectivity index (χ2v) is 13.5. The normalized spacial score (nSPS) is 11.7. The van der Waals surface area contributed by atoms with Crippen LogP contribution in [0.3, 0.4) is 0 Å². The van der Waals surface area contributed by atoms with E-state index in [9.17, 15) is 4.79 Å². The number of likely N-dealkylation sites (N-methyl/N-ethyl adjacent to an activating group) is 1. The molecular weight excluding hydrogens is 554 g/mol. The van der Waals surface area contributed by atoms with E-state index in [-0.39, 0.29) is 5.78 Å². The minimum Gasteiger partial charge on any atom is -0.494 e. The van der Waals surface area contributed by atoms with Gasteiger partial charge in [-0.25, -0.2) is 0 Å². The summed E-state index contributed by atoms with van der Waals surface area (Å²) in [4.78, 5) is 12.7. The van der Waals surface area contributed by atoms with E-state index in [0.717, 1.165) is 41.1 Å². The molecule has 0 aliphatic heterocycles. The van der Waals surface area contributed by atoms with Gasteiger partial charge in [0, 0.05) is 5.56 Å². The molecule has 0 saturated heterocycles. The first-order chi connectivity index (χ1) is 21.9. The standard InChI is InChI=1S/C41H66NO3/c1-5-7-9-11-13-15-16-17-19-21-33-42(3,4)34-36-45-40-30-26-38(27-31-40)41(43)32-25-37-23-28-39(29-24-37)44-35-22-20-18-14-12-10-8-6-2/h23-32H,5-22,33-36H2,1-4H3/q+1/b32-25+. The largest absolute Gasteiger partial charge is 0.494 e. The Labute approximate surface area is 277 Å². The molecule has 2 aromatic rings. The average molecular weight is 621 g/mol. The summed E-state index contributed by atoms with van der Waals surface area (Å²) in [6, 6.07) is 15.5. The Balaban J connectivity index is 1.59. The summed E-state index contributed by atoms with van der Waals surface area (Å²) in [7, 11) is 4.59. The zero-order valence-electron chi connectivity index (χ0n) is 29.5. The van der Waals surface area contributed by atoms with E-state index in [1.54, 1.807) is 6.08 Å². The number of nitrogens with zero attached hydrogens (tertiary/aromatic N) is 1. The van der Waals surface area contributed by atoms with E-state index >= 15 is 0 Å². The van der Waals surface area contributed by atoms with Crippen LogP contribution in [-0.2, 0) is 0 Å². The fourth-order valence-corrected chi connectivity index (χ4v) is 5.63. The second-order valence-electron chi connectivity index (χ2n) is 13.5. The lowest BCUT2D eigenvalue weighted by molar-refractivity contribution is -0.890. The highest BCUT2D eigenvalue weighted by molar-refractivity contribution is 6.06. The van der Waals surface area contributed by atoms with Crippen LogP contribution in [0.2, 0.25) is 0 Å². The van der Waals surface area contributed by atoms with Crippen molar-refractivity contribution in [2.75, 3.05) is 40.4 Å². The van der Waals surface area contributed by atoms with Crippen molar-refractivity contribution < 1.29 is 18.8 Å². The van der Waals surface area contributed by atoms with Gasteiger partial charge in [0.25, 0.3) is 0 Å². The number of benzene rings is 2. The predicted octanol–water partition coefficient (Wildman–Crippen LogP) is 11.5. The SMILES string of the molecule is CCCCCCCCCCCC[N+](C)(C)CCOc1ccc(C(=O)/C=C/c2ccc(OCCCCCCCCCC)cc2)cc1. The first-order valence-electron chi connectivity index (χ1n) is 18.4. The Morgan fingerprint density at radius 1 is 0.556 bits per heavy atom. The molecule has 0 aliphatic rings. The number of ether oxygens (including phenoxy) is 2. The van der Waals surface area contributed by atoms with Crippen LogP contribution in [0.15, 0.2) is 54.6 Å². The lowest BCUT2D eigenvalue weighted by Crippen LogP contribution is -2.43. The van der Waals surface area contributed by atoms with Crippen LogP contribution < -0.4 is 9.47 Å². The second kappa shape index (κ2) is 24.6. The lowest BCUT2D eigenvalue weighted by atomic mass is 10.1. The van der Waals surface area contributed by atoms with Gasteiger partial charge in [-0.05, 0) is 67.3 Å². The third-order valence-corrected chi connectivity index (χ3v) is 8.80. The Kier molecular flexibility index (Phi) is 21.1. The molecule has 252 valence electrons. The maximum Gasteiger partial charge on any atom is 0.185 e. The highest BCUT2D eigenvalue weighted by atomic mass is 16.5. The number of hydrogen-bond donors (Lipinski definition) is 0. The van der Waals surface area contributed by atoms with Gasteiger partial charge in [0.1, 0.15) is 24.7 Å². The van der Waals surface area contributed by atoms with Crippen LogP contribution in [0.1, 0.15) is 145 Å². The van der Waals surface area contributed by atoms with Crippen molar-refractivity contribution in [2.45, 2.75) is 129 Å². The number of carbonyl (C=O) groups is 1. The van der Waals surface area contributed by atoms with Gasteiger partial charge in [0.15, 0.2) is 5.78 Å². The molecular formula is C41H66NO3+. The van der Waals surface area contributed by atoms with Crippen molar-refractivity contribution in [3.8, 4) is 11.5 Å². The minimum atomic E-state index is -0.00846. The monoisotopic (exact) mass is 621 g/mol. The van der Waals surface area contributed by atoms with Gasteiger partial charge in [-0.3, -0.25) is 4.79 Å². The molecule has 0 saturated carbocycles. The molecule has 0 amide bonds. The van der Waals surface area contributed by atoms with Gasteiger partial charge in [-0.1, -0.05) is 128 Å². The number of allylic oxidation sites excluding steroid dienone is 1. The van der Waals surface area contributed by atoms with Crippen LogP contribution in [0.25, 0.3) is 6.08 Å². The number of unbranched alkanes of at least 4 members (excludes halogenated alkanes) is 16. The molecule has 2 rings (SSSR count). The van der Waals surface area contributed by atoms with E-state index in [2.05, 4.69) is 27.9 Å². The van der Waals surface area contributed by atoms with Gasteiger partial charge < -0.3 is 14.0 Å². The fourth-order valence-electron chi connectivity index (χ4n) is 5.63. The number of rotatable bonds is 28. The first kappa shape index (κ1) is 38.6. The Morgan fingerprint density at radius 3 is 1.53 bits per heavy atom. The molecule has 0 fully saturated rings. The highest BCUT2D eigenvalue weighted by Gasteiger charge is 2.14. The topological polar surface area (TPSA) is 35.5 Å². The first-order valence-corrected chi connectivity index (χ1v) is 18.4. The molecule has 0 heterocycles. The molecule has 0 unspecified atom stereocenters. The summed E-state index contributed by atoms with van der Waals surface area (Å²) in [5, 5.41) is 0. The van der Waals surface area contributed by atoms with Gasteiger partial charge in [0.2, 0.25) is 0 Å². The van der Waals surface area contributed by atoms with E-state index in [0.29, 0.717) is 12.2 Å². The smallest absolute Gasteiger partial charge is 0.185 e. The van der Waals surface area contributed by atoms with Crippen molar-refractivity contribution in [3.05, 3.63) is 65.7 Å². The van der Waals surface area contributed by atoms with Crippen molar-refractivity contribution in [1.29, 1.82) is 0 Å². The summed E-state index contributed by atoms with van der Waals surface area (Å²) in [6.07, 6.45) is 27.6. The zero-order valence-corrected chi connectivity index (χ0v) is 29.5. The Morgan fingerprint density at radius 2 is 1.00 bits per heavy atom. The summed E-state index contributed by atoms with van der Waals surface area (Å²) < 4.78 is 12.9. The van der Waals surface area contributed by atoms with Crippen LogP contribution in [0, 0.1) is 0 Å². The summed E-state index contributed by atoms with van der Waals surface area (Å²) in [5.74, 6) is 1.70. The molecule has 4 nitrogen and oxygen atoms in total. The highest BCUT2D eigenvalue weighted by Crippen LogP contribution is 2.17. The van der Waals surface area contributed by atoms with Crippen molar-refractivity contribution in [2.24, 2.45) is 0 Å². The van der Waals surface area contributed by atoms with Gasteiger partial charge in [0.05, 0.1) is 27.2 Å². The van der Waals surface area contributed by atoms with Gasteiger partial charge >= 0.3 is 0 Å². The summed E-state index contributed by atoms with van der Waals surface area (Å²) in [5.41, 5.74) is 1.65. The summed E-state index contributed by atoms with van der Waals surface area (Å²) >= 11 is 0. The third-order valence-electron chi connectivity index (χ3n) is 8.80. The maximum absolute atomic E-state index is 12.7. The molecule has 0 aliphatic carbocycles. The van der Waals surface area contributed by atoms with Crippen LogP contribution in [-0.4, -0.2) is 50.7 Å². The predicted molar refractivity (Wildman–Crippen MR) is 194 cm³/mol. The average Bonchev–Trinajstić information content (AvgIpc) is 3.04. The molecule has 0 radical (unpaired) electrons. The van der Waals surface area contributed by atoms with E-state index in [1.807, 2.05) is 54.6 Å². The maximum atomic E-state index is 12.7. The van der Waals surface area contributed by atoms with E-state index < -0.39 is 0 Å². The summed E-state index contributed by atoms with van der Waals surface area (Å²) in [6.45, 7) is 8.15. The van der Waals surface area contributed by atoms with Gasteiger partial charge in [-0.15, -0.1) is 0 Å². The number of carbonyl (C=O) groups excluding carboxylic acids is 1. The van der Waals surface area contributed by atoms with Crippen LogP contribution in [0.5, 0.6) is 11.5 Å². The zero-order chi connectivity index (χ0) is 32.4.